The van der Waals surface area contributed by atoms with Crippen LogP contribution in [0.1, 0.15) is 36.8 Å². The average molecular weight is 306 g/mol. The standard InChI is InChI=1S/C21H22O2/c1-16-10-8-9-15-19(16)21(20(22)23,17-11-4-2-5-12-17)18-13-6-3-7-14-18/h2-7,11-14,19H,1,8-10,15H2,(H,22,23)/t19-/m0/s1. The van der Waals surface area contributed by atoms with Crippen LogP contribution in [0.5, 0.6) is 0 Å². The summed E-state index contributed by atoms with van der Waals surface area (Å²) in [5, 5.41) is 10.4. The molecule has 0 spiro atoms. The van der Waals surface area contributed by atoms with Crippen LogP contribution in [0.15, 0.2) is 72.8 Å². The molecule has 3 rings (SSSR count). The van der Waals surface area contributed by atoms with Crippen LogP contribution in [0.25, 0.3) is 0 Å². The van der Waals surface area contributed by atoms with Crippen molar-refractivity contribution in [1.29, 1.82) is 0 Å². The highest BCUT2D eigenvalue weighted by molar-refractivity contribution is 5.87. The molecule has 118 valence electrons. The lowest BCUT2D eigenvalue weighted by atomic mass is 9.60. The Balaban J connectivity index is 2.27. The highest BCUT2D eigenvalue weighted by atomic mass is 16.4. The normalized spacial score (nSPS) is 18.6. The maximum atomic E-state index is 12.6. The van der Waals surface area contributed by atoms with Crippen LogP contribution in [-0.2, 0) is 10.2 Å². The maximum absolute atomic E-state index is 12.6. The van der Waals surface area contributed by atoms with Crippen molar-refractivity contribution in [3.63, 3.8) is 0 Å². The van der Waals surface area contributed by atoms with E-state index in [0.29, 0.717) is 0 Å². The van der Waals surface area contributed by atoms with Crippen molar-refractivity contribution >= 4 is 5.97 Å². The molecule has 1 atom stereocenters. The van der Waals surface area contributed by atoms with E-state index in [1.165, 1.54) is 0 Å². The molecule has 0 aromatic heterocycles. The molecular weight excluding hydrogens is 284 g/mol. The van der Waals surface area contributed by atoms with Crippen molar-refractivity contribution < 1.29 is 9.90 Å². The van der Waals surface area contributed by atoms with Crippen molar-refractivity contribution in [3.05, 3.63) is 83.9 Å². The molecule has 1 fully saturated rings. The van der Waals surface area contributed by atoms with Crippen LogP contribution in [0, 0.1) is 5.92 Å². The molecule has 23 heavy (non-hydrogen) atoms. The van der Waals surface area contributed by atoms with Gasteiger partial charge in [-0.3, -0.25) is 4.79 Å². The Morgan fingerprint density at radius 2 is 1.48 bits per heavy atom. The number of carboxylic acids is 1. The molecule has 2 aromatic rings. The number of allylic oxidation sites excluding steroid dienone is 1. The average Bonchev–Trinajstić information content (AvgIpc) is 2.59. The fourth-order valence-corrected chi connectivity index (χ4v) is 3.97. The molecule has 0 amide bonds. The fourth-order valence-electron chi connectivity index (χ4n) is 3.97. The first-order valence-electron chi connectivity index (χ1n) is 8.19. The van der Waals surface area contributed by atoms with Gasteiger partial charge in [0.1, 0.15) is 5.41 Å². The van der Waals surface area contributed by atoms with E-state index < -0.39 is 11.4 Å². The summed E-state index contributed by atoms with van der Waals surface area (Å²) in [5.74, 6) is -0.860. The van der Waals surface area contributed by atoms with Gasteiger partial charge in [0.15, 0.2) is 0 Å². The van der Waals surface area contributed by atoms with Gasteiger partial charge in [-0.2, -0.15) is 0 Å². The Hall–Kier alpha value is -2.35. The Labute approximate surface area is 137 Å². The van der Waals surface area contributed by atoms with E-state index in [0.717, 1.165) is 42.4 Å². The van der Waals surface area contributed by atoms with Gasteiger partial charge in [-0.25, -0.2) is 0 Å². The Morgan fingerprint density at radius 3 is 1.91 bits per heavy atom. The zero-order valence-corrected chi connectivity index (χ0v) is 13.2. The molecule has 1 saturated carbocycles. The lowest BCUT2D eigenvalue weighted by molar-refractivity contribution is -0.144. The molecular formula is C21H22O2. The quantitative estimate of drug-likeness (QED) is 0.824. The number of hydrogen-bond donors (Lipinski definition) is 1. The fraction of sp³-hybridized carbons (Fsp3) is 0.286. The van der Waals surface area contributed by atoms with Crippen LogP contribution in [0.2, 0.25) is 0 Å². The lowest BCUT2D eigenvalue weighted by Crippen LogP contribution is -2.45. The molecule has 0 bridgehead atoms. The van der Waals surface area contributed by atoms with Crippen molar-refractivity contribution in [3.8, 4) is 0 Å². The van der Waals surface area contributed by atoms with E-state index in [2.05, 4.69) is 6.58 Å². The number of carbonyl (C=O) groups is 1. The van der Waals surface area contributed by atoms with Crippen LogP contribution >= 0.6 is 0 Å². The van der Waals surface area contributed by atoms with Gasteiger partial charge in [0, 0.05) is 5.92 Å². The molecule has 2 heteroatoms. The smallest absolute Gasteiger partial charge is 0.319 e. The van der Waals surface area contributed by atoms with Gasteiger partial charge in [0.05, 0.1) is 0 Å². The van der Waals surface area contributed by atoms with Crippen molar-refractivity contribution in [2.45, 2.75) is 31.1 Å². The van der Waals surface area contributed by atoms with E-state index >= 15 is 0 Å². The third kappa shape index (κ3) is 2.59. The second kappa shape index (κ2) is 6.41. The van der Waals surface area contributed by atoms with Gasteiger partial charge < -0.3 is 5.11 Å². The first-order chi connectivity index (χ1) is 11.2. The molecule has 0 aliphatic heterocycles. The van der Waals surface area contributed by atoms with Gasteiger partial charge in [0.25, 0.3) is 0 Å². The maximum Gasteiger partial charge on any atom is 0.319 e. The van der Waals surface area contributed by atoms with Crippen molar-refractivity contribution in [2.75, 3.05) is 0 Å². The molecule has 2 nitrogen and oxygen atoms in total. The summed E-state index contributed by atoms with van der Waals surface area (Å²) in [6.45, 7) is 4.23. The van der Waals surface area contributed by atoms with E-state index in [9.17, 15) is 9.90 Å². The molecule has 0 radical (unpaired) electrons. The second-order valence-corrected chi connectivity index (χ2v) is 6.30. The Kier molecular flexibility index (Phi) is 4.33. The summed E-state index contributed by atoms with van der Waals surface area (Å²) < 4.78 is 0. The van der Waals surface area contributed by atoms with E-state index in [4.69, 9.17) is 0 Å². The number of rotatable bonds is 4. The van der Waals surface area contributed by atoms with Crippen LogP contribution in [0.3, 0.4) is 0 Å². The van der Waals surface area contributed by atoms with Crippen molar-refractivity contribution in [2.24, 2.45) is 5.92 Å². The third-order valence-corrected chi connectivity index (χ3v) is 5.05. The summed E-state index contributed by atoms with van der Waals surface area (Å²) in [4.78, 5) is 12.6. The third-order valence-electron chi connectivity index (χ3n) is 5.05. The SMILES string of the molecule is C=C1CCCC[C@@H]1C(C(=O)O)(c1ccccc1)c1ccccc1. The lowest BCUT2D eigenvalue weighted by Gasteiger charge is -2.41. The molecule has 0 saturated heterocycles. The number of hydrogen-bond acceptors (Lipinski definition) is 1. The summed E-state index contributed by atoms with van der Waals surface area (Å²) in [5.41, 5.74) is 1.69. The molecule has 1 aliphatic rings. The molecule has 0 unspecified atom stereocenters. The summed E-state index contributed by atoms with van der Waals surface area (Å²) in [6, 6.07) is 19.3. The summed E-state index contributed by atoms with van der Waals surface area (Å²) >= 11 is 0. The first-order valence-corrected chi connectivity index (χ1v) is 8.19. The zero-order valence-electron chi connectivity index (χ0n) is 13.2. The minimum Gasteiger partial charge on any atom is -0.480 e. The predicted octanol–water partition coefficient (Wildman–Crippen LogP) is 4.80. The molecule has 1 N–H and O–H groups in total. The highest BCUT2D eigenvalue weighted by Crippen LogP contribution is 2.47. The number of aliphatic carboxylic acids is 1. The van der Waals surface area contributed by atoms with Gasteiger partial charge in [-0.1, -0.05) is 79.2 Å². The van der Waals surface area contributed by atoms with Crippen molar-refractivity contribution in [1.82, 2.24) is 0 Å². The first kappa shape index (κ1) is 15.5. The van der Waals surface area contributed by atoms with Gasteiger partial charge in [0.2, 0.25) is 0 Å². The Morgan fingerprint density at radius 1 is 0.957 bits per heavy atom. The minimum atomic E-state index is -1.06. The molecule has 0 heterocycles. The predicted molar refractivity (Wildman–Crippen MR) is 92.4 cm³/mol. The number of benzene rings is 2. The van der Waals surface area contributed by atoms with E-state index in [1.54, 1.807) is 0 Å². The molecule has 2 aromatic carbocycles. The number of carboxylic acid groups (broad SMARTS) is 1. The summed E-state index contributed by atoms with van der Waals surface area (Å²) in [7, 11) is 0. The van der Waals surface area contributed by atoms with Crippen LogP contribution in [0.4, 0.5) is 0 Å². The minimum absolute atomic E-state index is 0.0708. The molecule has 1 aliphatic carbocycles. The van der Waals surface area contributed by atoms with E-state index in [1.807, 2.05) is 60.7 Å². The van der Waals surface area contributed by atoms with Crippen LogP contribution < -0.4 is 0 Å². The van der Waals surface area contributed by atoms with Gasteiger partial charge in [-0.05, 0) is 30.4 Å². The largest absolute Gasteiger partial charge is 0.480 e. The highest BCUT2D eigenvalue weighted by Gasteiger charge is 2.50. The van der Waals surface area contributed by atoms with Gasteiger partial charge in [-0.15, -0.1) is 0 Å². The topological polar surface area (TPSA) is 37.3 Å². The van der Waals surface area contributed by atoms with Crippen LogP contribution in [-0.4, -0.2) is 11.1 Å². The second-order valence-electron chi connectivity index (χ2n) is 6.30. The summed E-state index contributed by atoms with van der Waals surface area (Å²) in [6.07, 6.45) is 3.95. The monoisotopic (exact) mass is 306 g/mol. The van der Waals surface area contributed by atoms with E-state index in [-0.39, 0.29) is 5.92 Å². The van der Waals surface area contributed by atoms with Gasteiger partial charge >= 0.3 is 5.97 Å². The Bertz CT molecular complexity index is 649. The zero-order chi connectivity index (χ0) is 16.3.